The Morgan fingerprint density at radius 3 is 2.38 bits per heavy atom. The van der Waals surface area contributed by atoms with Gasteiger partial charge in [0, 0.05) is 6.54 Å². The van der Waals surface area contributed by atoms with Crippen molar-refractivity contribution in [2.45, 2.75) is 38.7 Å². The molecule has 0 aliphatic rings. The van der Waals surface area contributed by atoms with Crippen molar-refractivity contribution in [3.63, 3.8) is 0 Å². The lowest BCUT2D eigenvalue weighted by atomic mass is 10.1. The molecule has 0 aliphatic heterocycles. The number of carboxylic acid groups (broad SMARTS) is 1. The Morgan fingerprint density at radius 1 is 1.25 bits per heavy atom. The highest BCUT2D eigenvalue weighted by molar-refractivity contribution is 5.79. The maximum absolute atomic E-state index is 12.0. The SMILES string of the molecule is CCCC(NCC(=O)NCc1ccc(OC(F)(F)F)cc1)C(=O)O. The van der Waals surface area contributed by atoms with Crippen LogP contribution in [0.25, 0.3) is 0 Å². The van der Waals surface area contributed by atoms with Crippen molar-refractivity contribution in [2.75, 3.05) is 6.54 Å². The summed E-state index contributed by atoms with van der Waals surface area (Å²) >= 11 is 0. The molecule has 0 aliphatic carbocycles. The molecule has 0 aromatic heterocycles. The minimum Gasteiger partial charge on any atom is -0.480 e. The van der Waals surface area contributed by atoms with Gasteiger partial charge >= 0.3 is 12.3 Å². The highest BCUT2D eigenvalue weighted by Gasteiger charge is 2.30. The smallest absolute Gasteiger partial charge is 0.480 e. The third-order valence-corrected chi connectivity index (χ3v) is 3.03. The van der Waals surface area contributed by atoms with E-state index < -0.39 is 24.3 Å². The molecule has 9 heteroatoms. The molecule has 1 aromatic carbocycles. The van der Waals surface area contributed by atoms with Crippen molar-refractivity contribution in [2.24, 2.45) is 0 Å². The second-order valence-electron chi connectivity index (χ2n) is 5.03. The second-order valence-corrected chi connectivity index (χ2v) is 5.03. The van der Waals surface area contributed by atoms with Crippen LogP contribution in [0.1, 0.15) is 25.3 Å². The fourth-order valence-corrected chi connectivity index (χ4v) is 1.89. The predicted molar refractivity (Wildman–Crippen MR) is 79.3 cm³/mol. The number of carbonyl (C=O) groups excluding carboxylic acids is 1. The van der Waals surface area contributed by atoms with Gasteiger partial charge in [0.25, 0.3) is 0 Å². The lowest BCUT2D eigenvalue weighted by Gasteiger charge is -2.13. The number of rotatable bonds is 9. The maximum Gasteiger partial charge on any atom is 0.573 e. The van der Waals surface area contributed by atoms with Crippen molar-refractivity contribution >= 4 is 11.9 Å². The molecular weight excluding hydrogens is 329 g/mol. The summed E-state index contributed by atoms with van der Waals surface area (Å²) in [6, 6.07) is 4.29. The van der Waals surface area contributed by atoms with E-state index in [1.165, 1.54) is 12.1 Å². The van der Waals surface area contributed by atoms with Gasteiger partial charge in [0.15, 0.2) is 0 Å². The van der Waals surface area contributed by atoms with E-state index in [0.717, 1.165) is 12.1 Å². The molecule has 0 spiro atoms. The highest BCUT2D eigenvalue weighted by atomic mass is 19.4. The van der Waals surface area contributed by atoms with E-state index in [0.29, 0.717) is 18.4 Å². The van der Waals surface area contributed by atoms with Gasteiger partial charge in [0.05, 0.1) is 6.54 Å². The van der Waals surface area contributed by atoms with Crippen molar-refractivity contribution < 1.29 is 32.6 Å². The summed E-state index contributed by atoms with van der Waals surface area (Å²) in [5.74, 6) is -1.78. The highest BCUT2D eigenvalue weighted by Crippen LogP contribution is 2.22. The number of nitrogens with one attached hydrogen (secondary N) is 2. The van der Waals surface area contributed by atoms with Crippen LogP contribution in [-0.4, -0.2) is 35.9 Å². The summed E-state index contributed by atoms with van der Waals surface area (Å²) in [4.78, 5) is 22.6. The largest absolute Gasteiger partial charge is 0.573 e. The van der Waals surface area contributed by atoms with Crippen molar-refractivity contribution in [1.29, 1.82) is 0 Å². The molecule has 0 radical (unpaired) electrons. The normalized spacial score (nSPS) is 12.5. The van der Waals surface area contributed by atoms with Gasteiger partial charge in [-0.2, -0.15) is 0 Å². The molecule has 134 valence electrons. The number of alkyl halides is 3. The fraction of sp³-hybridized carbons (Fsp3) is 0.467. The average molecular weight is 348 g/mol. The summed E-state index contributed by atoms with van der Waals surface area (Å²) in [6.45, 7) is 1.79. The standard InChI is InChI=1S/C15H19F3N2O4/c1-2-3-12(14(22)23)19-9-13(21)20-8-10-4-6-11(7-5-10)24-15(16,17)18/h4-7,12,19H,2-3,8-9H2,1H3,(H,20,21)(H,22,23). The van der Waals surface area contributed by atoms with Gasteiger partial charge in [-0.25, -0.2) is 0 Å². The van der Waals surface area contributed by atoms with Crippen LogP contribution >= 0.6 is 0 Å². The van der Waals surface area contributed by atoms with E-state index in [-0.39, 0.29) is 18.8 Å². The van der Waals surface area contributed by atoms with Crippen LogP contribution in [0.15, 0.2) is 24.3 Å². The van der Waals surface area contributed by atoms with Crippen LogP contribution in [-0.2, 0) is 16.1 Å². The monoisotopic (exact) mass is 348 g/mol. The first-order valence-electron chi connectivity index (χ1n) is 7.29. The molecule has 1 amide bonds. The van der Waals surface area contributed by atoms with E-state index >= 15 is 0 Å². The van der Waals surface area contributed by atoms with Crippen molar-refractivity contribution in [3.05, 3.63) is 29.8 Å². The molecule has 0 bridgehead atoms. The lowest BCUT2D eigenvalue weighted by molar-refractivity contribution is -0.274. The number of carbonyl (C=O) groups is 2. The molecule has 6 nitrogen and oxygen atoms in total. The minimum atomic E-state index is -4.75. The van der Waals surface area contributed by atoms with Crippen LogP contribution in [0.3, 0.4) is 0 Å². The summed E-state index contributed by atoms with van der Waals surface area (Å²) < 4.78 is 39.8. The molecule has 0 heterocycles. The van der Waals surface area contributed by atoms with E-state index in [2.05, 4.69) is 15.4 Å². The second kappa shape index (κ2) is 9.11. The summed E-state index contributed by atoms with van der Waals surface area (Å²) in [5.41, 5.74) is 0.584. The number of aliphatic carboxylic acids is 1. The molecule has 1 aromatic rings. The summed E-state index contributed by atoms with van der Waals surface area (Å²) in [6.07, 6.45) is -3.68. The number of benzene rings is 1. The number of halogens is 3. The zero-order valence-corrected chi connectivity index (χ0v) is 13.0. The molecule has 24 heavy (non-hydrogen) atoms. The van der Waals surface area contributed by atoms with Crippen LogP contribution in [0, 0.1) is 0 Å². The topological polar surface area (TPSA) is 87.7 Å². The maximum atomic E-state index is 12.0. The molecule has 1 unspecified atom stereocenters. The first kappa shape index (κ1) is 19.8. The molecule has 0 fully saturated rings. The molecule has 1 rings (SSSR count). The van der Waals surface area contributed by atoms with Gasteiger partial charge in [-0.05, 0) is 24.1 Å². The quantitative estimate of drug-likeness (QED) is 0.636. The Morgan fingerprint density at radius 2 is 1.88 bits per heavy atom. The predicted octanol–water partition coefficient (Wildman–Crippen LogP) is 2.04. The van der Waals surface area contributed by atoms with Crippen LogP contribution < -0.4 is 15.4 Å². The van der Waals surface area contributed by atoms with Gasteiger partial charge in [-0.15, -0.1) is 13.2 Å². The third kappa shape index (κ3) is 7.82. The molecule has 0 saturated heterocycles. The van der Waals surface area contributed by atoms with Crippen LogP contribution in [0.2, 0.25) is 0 Å². The van der Waals surface area contributed by atoms with E-state index in [1.807, 2.05) is 6.92 Å². The number of hydrogen-bond donors (Lipinski definition) is 3. The van der Waals surface area contributed by atoms with Crippen LogP contribution in [0.5, 0.6) is 5.75 Å². The Balaban J connectivity index is 2.40. The average Bonchev–Trinajstić information content (AvgIpc) is 2.49. The number of hydrogen-bond acceptors (Lipinski definition) is 4. The first-order chi connectivity index (χ1) is 11.2. The minimum absolute atomic E-state index is 0.109. The van der Waals surface area contributed by atoms with E-state index in [9.17, 15) is 22.8 Å². The van der Waals surface area contributed by atoms with Crippen molar-refractivity contribution in [3.8, 4) is 5.75 Å². The van der Waals surface area contributed by atoms with Crippen molar-refractivity contribution in [1.82, 2.24) is 10.6 Å². The Labute approximate surface area is 137 Å². The summed E-state index contributed by atoms with van der Waals surface area (Å²) in [7, 11) is 0. The fourth-order valence-electron chi connectivity index (χ4n) is 1.89. The molecule has 0 saturated carbocycles. The van der Waals surface area contributed by atoms with E-state index in [1.54, 1.807) is 0 Å². The first-order valence-corrected chi connectivity index (χ1v) is 7.29. The molecule has 3 N–H and O–H groups in total. The lowest BCUT2D eigenvalue weighted by Crippen LogP contribution is -2.42. The van der Waals surface area contributed by atoms with Gasteiger partial charge in [0.2, 0.25) is 5.91 Å². The van der Waals surface area contributed by atoms with Gasteiger partial charge < -0.3 is 15.2 Å². The number of carboxylic acids is 1. The zero-order valence-electron chi connectivity index (χ0n) is 13.0. The Kier molecular flexibility index (Phi) is 7.50. The van der Waals surface area contributed by atoms with Gasteiger partial charge in [0.1, 0.15) is 11.8 Å². The Bertz CT molecular complexity index is 547. The number of amides is 1. The number of ether oxygens (including phenoxy) is 1. The van der Waals surface area contributed by atoms with Gasteiger partial charge in [-0.3, -0.25) is 14.9 Å². The van der Waals surface area contributed by atoms with Crippen LogP contribution in [0.4, 0.5) is 13.2 Å². The van der Waals surface area contributed by atoms with E-state index in [4.69, 9.17) is 5.11 Å². The molecular formula is C15H19F3N2O4. The summed E-state index contributed by atoms with van der Waals surface area (Å²) in [5, 5.41) is 14.1. The van der Waals surface area contributed by atoms with Gasteiger partial charge in [-0.1, -0.05) is 25.5 Å². The molecule has 1 atom stereocenters. The zero-order chi connectivity index (χ0) is 18.2. The Hall–Kier alpha value is -2.29. The third-order valence-electron chi connectivity index (χ3n) is 3.03.